The summed E-state index contributed by atoms with van der Waals surface area (Å²) < 4.78 is 18.0. The molecule has 3 aromatic carbocycles. The van der Waals surface area contributed by atoms with Crippen molar-refractivity contribution in [3.8, 4) is 23.0 Å². The first kappa shape index (κ1) is 27.6. The fourth-order valence-electron chi connectivity index (χ4n) is 4.60. The van der Waals surface area contributed by atoms with Gasteiger partial charge >= 0.3 is 0 Å². The van der Waals surface area contributed by atoms with Crippen LogP contribution in [0.3, 0.4) is 0 Å². The zero-order valence-corrected chi connectivity index (χ0v) is 22.8. The van der Waals surface area contributed by atoms with Crippen LogP contribution >= 0.6 is 0 Å². The van der Waals surface area contributed by atoms with Gasteiger partial charge in [0.1, 0.15) is 28.6 Å². The van der Waals surface area contributed by atoms with Crippen molar-refractivity contribution in [2.45, 2.75) is 52.6 Å². The molecule has 4 rings (SSSR count). The first-order valence-corrected chi connectivity index (χ1v) is 12.9. The number of nitrogens with zero attached hydrogens (tertiary/aromatic N) is 1. The molecule has 6 N–H and O–H groups in total. The maximum atomic E-state index is 12.3. The zero-order valence-electron chi connectivity index (χ0n) is 22.8. The van der Waals surface area contributed by atoms with Crippen LogP contribution in [-0.4, -0.2) is 35.8 Å². The van der Waals surface area contributed by atoms with Gasteiger partial charge in [0, 0.05) is 17.7 Å². The van der Waals surface area contributed by atoms with E-state index in [0.29, 0.717) is 41.7 Å². The molecule has 1 amide bonds. The summed E-state index contributed by atoms with van der Waals surface area (Å²) in [5.41, 5.74) is 15.5. The molecular weight excluding hydrogens is 496 g/mol. The topological polar surface area (TPSA) is 141 Å². The first-order chi connectivity index (χ1) is 18.5. The fourth-order valence-corrected chi connectivity index (χ4v) is 4.60. The SMILES string of the molecule is Cc1c(C)c2c(c(C)c1O)CCC(C)(CCOc1ccc(NC(=O)COc3ccc(N=C(N)N)cc3)cc1)O2. The van der Waals surface area contributed by atoms with Crippen molar-refractivity contribution >= 4 is 23.2 Å². The Balaban J connectivity index is 1.24. The van der Waals surface area contributed by atoms with Crippen LogP contribution in [0.15, 0.2) is 53.5 Å². The molecule has 0 fully saturated rings. The molecule has 0 saturated carbocycles. The number of carbonyl (C=O) groups is 1. The summed E-state index contributed by atoms with van der Waals surface area (Å²) in [6, 6.07) is 14.0. The monoisotopic (exact) mass is 532 g/mol. The summed E-state index contributed by atoms with van der Waals surface area (Å²) in [6.45, 7) is 8.32. The lowest BCUT2D eigenvalue weighted by Gasteiger charge is -2.38. The van der Waals surface area contributed by atoms with Crippen molar-refractivity contribution < 1.29 is 24.1 Å². The number of phenolic OH excluding ortho intramolecular Hbond substituents is 1. The Bertz CT molecular complexity index is 1370. The molecule has 0 aliphatic carbocycles. The van der Waals surface area contributed by atoms with Gasteiger partial charge in [0.05, 0.1) is 12.3 Å². The minimum atomic E-state index is -0.354. The fraction of sp³-hybridized carbons (Fsp3) is 0.333. The van der Waals surface area contributed by atoms with Crippen molar-refractivity contribution in [3.63, 3.8) is 0 Å². The maximum Gasteiger partial charge on any atom is 0.262 e. The molecule has 9 heteroatoms. The van der Waals surface area contributed by atoms with Gasteiger partial charge in [-0.1, -0.05) is 0 Å². The molecular formula is C30H36N4O5. The second kappa shape index (κ2) is 11.6. The molecule has 39 heavy (non-hydrogen) atoms. The zero-order chi connectivity index (χ0) is 28.2. The van der Waals surface area contributed by atoms with E-state index in [1.165, 1.54) is 0 Å². The van der Waals surface area contributed by atoms with Crippen LogP contribution in [0.25, 0.3) is 0 Å². The summed E-state index contributed by atoms with van der Waals surface area (Å²) in [7, 11) is 0. The molecule has 1 heterocycles. The Kier molecular flexibility index (Phi) is 8.18. The summed E-state index contributed by atoms with van der Waals surface area (Å²) in [5.74, 6) is 2.18. The number of carbonyl (C=O) groups excluding carboxylic acids is 1. The van der Waals surface area contributed by atoms with Gasteiger partial charge in [-0.3, -0.25) is 4.79 Å². The van der Waals surface area contributed by atoms with Gasteiger partial charge in [0.25, 0.3) is 5.91 Å². The van der Waals surface area contributed by atoms with Crippen molar-refractivity contribution in [2.24, 2.45) is 16.5 Å². The molecule has 0 saturated heterocycles. The van der Waals surface area contributed by atoms with Gasteiger partial charge in [0.15, 0.2) is 12.6 Å². The third-order valence-corrected chi connectivity index (χ3v) is 7.10. The van der Waals surface area contributed by atoms with Crippen molar-refractivity contribution in [3.05, 3.63) is 70.8 Å². The van der Waals surface area contributed by atoms with Crippen molar-refractivity contribution in [1.82, 2.24) is 0 Å². The largest absolute Gasteiger partial charge is 0.507 e. The van der Waals surface area contributed by atoms with Crippen molar-refractivity contribution in [1.29, 1.82) is 0 Å². The van der Waals surface area contributed by atoms with E-state index in [1.54, 1.807) is 36.4 Å². The van der Waals surface area contributed by atoms with Crippen LogP contribution in [0.4, 0.5) is 11.4 Å². The standard InChI is InChI=1S/C30H36N4O5/c1-18-19(2)28-25(20(3)27(18)36)13-14-30(4,39-28)15-16-37-23-9-5-21(6-10-23)33-26(35)17-38-24-11-7-22(8-12-24)34-29(31)32/h5-12,36H,13-17H2,1-4H3,(H,33,35)(H4,31,32,34). The van der Waals surface area contributed by atoms with Gasteiger partial charge in [-0.2, -0.15) is 0 Å². The molecule has 206 valence electrons. The van der Waals surface area contributed by atoms with E-state index in [4.69, 9.17) is 25.7 Å². The highest BCUT2D eigenvalue weighted by molar-refractivity contribution is 5.91. The van der Waals surface area contributed by atoms with Crippen molar-refractivity contribution in [2.75, 3.05) is 18.5 Å². The number of ether oxygens (including phenoxy) is 3. The number of benzene rings is 3. The average molecular weight is 533 g/mol. The molecule has 1 aliphatic heterocycles. The van der Waals surface area contributed by atoms with E-state index < -0.39 is 0 Å². The number of anilines is 1. The molecule has 1 atom stereocenters. The lowest BCUT2D eigenvalue weighted by atomic mass is 9.86. The number of rotatable bonds is 9. The summed E-state index contributed by atoms with van der Waals surface area (Å²) in [5, 5.41) is 13.2. The van der Waals surface area contributed by atoms with Crippen LogP contribution < -0.4 is 31.0 Å². The summed E-state index contributed by atoms with van der Waals surface area (Å²) in [6.07, 6.45) is 2.42. The smallest absolute Gasteiger partial charge is 0.262 e. The Labute approximate surface area is 228 Å². The van der Waals surface area contributed by atoms with E-state index in [-0.39, 0.29) is 24.1 Å². The van der Waals surface area contributed by atoms with Crippen LogP contribution in [0, 0.1) is 20.8 Å². The molecule has 0 spiro atoms. The predicted octanol–water partition coefficient (Wildman–Crippen LogP) is 4.79. The van der Waals surface area contributed by atoms with E-state index >= 15 is 0 Å². The Hall–Kier alpha value is -4.40. The molecule has 9 nitrogen and oxygen atoms in total. The normalized spacial score (nSPS) is 16.0. The molecule has 0 bridgehead atoms. The third kappa shape index (κ3) is 6.73. The van der Waals surface area contributed by atoms with Crippen LogP contribution in [0.1, 0.15) is 42.0 Å². The number of nitrogens with one attached hydrogen (secondary N) is 1. The van der Waals surface area contributed by atoms with E-state index in [2.05, 4.69) is 17.2 Å². The van der Waals surface area contributed by atoms with E-state index in [9.17, 15) is 9.90 Å². The third-order valence-electron chi connectivity index (χ3n) is 7.10. The minimum absolute atomic E-state index is 0.0269. The number of hydrogen-bond donors (Lipinski definition) is 4. The lowest BCUT2D eigenvalue weighted by molar-refractivity contribution is -0.118. The highest BCUT2D eigenvalue weighted by atomic mass is 16.5. The number of guanidine groups is 1. The second-order valence-electron chi connectivity index (χ2n) is 10.1. The number of nitrogens with two attached hydrogens (primary N) is 2. The highest BCUT2D eigenvalue weighted by Crippen LogP contribution is 2.44. The molecule has 1 unspecified atom stereocenters. The van der Waals surface area contributed by atoms with Crippen LogP contribution in [0.5, 0.6) is 23.0 Å². The number of hydrogen-bond acceptors (Lipinski definition) is 6. The van der Waals surface area contributed by atoms with Gasteiger partial charge < -0.3 is 36.1 Å². The second-order valence-corrected chi connectivity index (χ2v) is 10.1. The number of aromatic hydroxyl groups is 1. The number of amides is 1. The van der Waals surface area contributed by atoms with Crippen LogP contribution in [-0.2, 0) is 11.2 Å². The predicted molar refractivity (Wildman–Crippen MR) is 152 cm³/mol. The summed E-state index contributed by atoms with van der Waals surface area (Å²) in [4.78, 5) is 16.2. The quantitative estimate of drug-likeness (QED) is 0.229. The molecule has 0 aromatic heterocycles. The first-order valence-electron chi connectivity index (χ1n) is 12.9. The number of fused-ring (bicyclic) bond motifs is 1. The van der Waals surface area contributed by atoms with E-state index in [1.807, 2.05) is 32.9 Å². The maximum absolute atomic E-state index is 12.3. The molecule has 0 radical (unpaired) electrons. The van der Waals surface area contributed by atoms with E-state index in [0.717, 1.165) is 40.8 Å². The Morgan fingerprint density at radius 3 is 2.31 bits per heavy atom. The average Bonchev–Trinajstić information content (AvgIpc) is 2.91. The van der Waals surface area contributed by atoms with Gasteiger partial charge in [-0.25, -0.2) is 4.99 Å². The summed E-state index contributed by atoms with van der Waals surface area (Å²) >= 11 is 0. The number of aliphatic imine (C=N–C) groups is 1. The minimum Gasteiger partial charge on any atom is -0.507 e. The van der Waals surface area contributed by atoms with Crippen LogP contribution in [0.2, 0.25) is 0 Å². The molecule has 1 aliphatic rings. The molecule has 3 aromatic rings. The Morgan fingerprint density at radius 2 is 1.64 bits per heavy atom. The highest BCUT2D eigenvalue weighted by Gasteiger charge is 2.34. The van der Waals surface area contributed by atoms with Gasteiger partial charge in [-0.15, -0.1) is 0 Å². The van der Waals surface area contributed by atoms with Gasteiger partial charge in [-0.05, 0) is 106 Å². The number of phenols is 1. The lowest BCUT2D eigenvalue weighted by Crippen LogP contribution is -2.38. The van der Waals surface area contributed by atoms with Gasteiger partial charge in [0.2, 0.25) is 0 Å². The Morgan fingerprint density at radius 1 is 1.00 bits per heavy atom.